The molecule has 6 heteroatoms. The molecule has 0 aliphatic carbocycles. The number of rotatable bonds is 8. The van der Waals surface area contributed by atoms with Crippen LogP contribution in [0.3, 0.4) is 0 Å². The third-order valence-electron chi connectivity index (χ3n) is 4.73. The Labute approximate surface area is 183 Å². The van der Waals surface area contributed by atoms with E-state index in [-0.39, 0.29) is 29.9 Å². The Morgan fingerprint density at radius 3 is 2.33 bits per heavy atom. The number of halogens is 1. The van der Waals surface area contributed by atoms with Crippen molar-refractivity contribution in [3.05, 3.63) is 64.2 Å². The number of hydrogen-bond donors (Lipinski definition) is 3. The van der Waals surface area contributed by atoms with E-state index in [1.807, 2.05) is 58.0 Å². The van der Waals surface area contributed by atoms with Gasteiger partial charge in [-0.05, 0) is 75.8 Å². The Kier molecular flexibility index (Phi) is 8.44. The van der Waals surface area contributed by atoms with Crippen molar-refractivity contribution < 1.29 is 14.7 Å². The van der Waals surface area contributed by atoms with Crippen molar-refractivity contribution >= 4 is 29.1 Å². The monoisotopic (exact) mass is 430 g/mol. The van der Waals surface area contributed by atoms with Gasteiger partial charge in [0.2, 0.25) is 0 Å². The van der Waals surface area contributed by atoms with Gasteiger partial charge in [0.1, 0.15) is 0 Å². The minimum atomic E-state index is -0.310. The Hall–Kier alpha value is -2.37. The molecule has 0 aliphatic heterocycles. The minimum absolute atomic E-state index is 0.0191. The summed E-state index contributed by atoms with van der Waals surface area (Å²) in [5, 5.41) is 15.7. The van der Waals surface area contributed by atoms with Crippen LogP contribution in [-0.2, 0) is 6.42 Å². The highest BCUT2D eigenvalue weighted by Crippen LogP contribution is 2.23. The lowest BCUT2D eigenvalue weighted by atomic mass is 9.89. The van der Waals surface area contributed by atoms with Crippen LogP contribution in [0.1, 0.15) is 55.1 Å². The lowest BCUT2D eigenvalue weighted by Gasteiger charge is -2.21. The highest BCUT2D eigenvalue weighted by Gasteiger charge is 2.17. The molecule has 0 spiro atoms. The summed E-state index contributed by atoms with van der Waals surface area (Å²) < 4.78 is 0. The largest absolute Gasteiger partial charge is 0.396 e. The maximum absolute atomic E-state index is 12.7. The molecule has 2 aromatic carbocycles. The van der Waals surface area contributed by atoms with Gasteiger partial charge in [0.05, 0.1) is 0 Å². The van der Waals surface area contributed by atoms with Gasteiger partial charge in [0.25, 0.3) is 0 Å². The van der Waals surface area contributed by atoms with Crippen LogP contribution in [0.15, 0.2) is 42.5 Å². The van der Waals surface area contributed by atoms with E-state index in [9.17, 15) is 14.7 Å². The molecule has 2 rings (SSSR count). The molecule has 0 saturated carbocycles. The molecular weight excluding hydrogens is 400 g/mol. The maximum Gasteiger partial charge on any atom is 0.319 e. The van der Waals surface area contributed by atoms with E-state index in [4.69, 9.17) is 11.6 Å². The molecule has 2 aromatic rings. The van der Waals surface area contributed by atoms with E-state index in [1.54, 1.807) is 12.1 Å². The van der Waals surface area contributed by atoms with Crippen molar-refractivity contribution in [3.8, 4) is 0 Å². The molecule has 0 unspecified atom stereocenters. The number of carbonyl (C=O) groups excluding carboxylic acids is 2. The molecule has 0 aliphatic rings. The molecule has 0 bridgehead atoms. The van der Waals surface area contributed by atoms with E-state index in [2.05, 4.69) is 10.6 Å². The number of aliphatic hydroxyl groups is 1. The predicted octanol–water partition coefficient (Wildman–Crippen LogP) is 5.38. The van der Waals surface area contributed by atoms with Gasteiger partial charge >= 0.3 is 6.03 Å². The Balaban J connectivity index is 1.99. The molecule has 30 heavy (non-hydrogen) atoms. The SMILES string of the molecule is Cc1ccc(C(=O)C[C@H](CCO)Cc2ccc(NC(=O)NC(C)(C)C)cc2)cc1Cl. The number of urea groups is 1. The zero-order valence-electron chi connectivity index (χ0n) is 18.1. The first-order valence-electron chi connectivity index (χ1n) is 10.2. The van der Waals surface area contributed by atoms with Crippen LogP contribution in [-0.4, -0.2) is 29.1 Å². The third-order valence-corrected chi connectivity index (χ3v) is 5.14. The van der Waals surface area contributed by atoms with Crippen LogP contribution >= 0.6 is 11.6 Å². The van der Waals surface area contributed by atoms with Gasteiger partial charge in [-0.3, -0.25) is 4.79 Å². The summed E-state index contributed by atoms with van der Waals surface area (Å²) in [6, 6.07) is 12.6. The number of hydrogen-bond acceptors (Lipinski definition) is 3. The van der Waals surface area contributed by atoms with Crippen LogP contribution in [0.2, 0.25) is 5.02 Å². The fourth-order valence-corrected chi connectivity index (χ4v) is 3.35. The van der Waals surface area contributed by atoms with Crippen molar-refractivity contribution in [1.29, 1.82) is 0 Å². The molecule has 0 fully saturated rings. The highest BCUT2D eigenvalue weighted by atomic mass is 35.5. The fourth-order valence-electron chi connectivity index (χ4n) is 3.17. The highest BCUT2D eigenvalue weighted by molar-refractivity contribution is 6.31. The molecule has 3 N–H and O–H groups in total. The van der Waals surface area contributed by atoms with Crippen LogP contribution in [0.25, 0.3) is 0 Å². The van der Waals surface area contributed by atoms with Crippen LogP contribution in [0.4, 0.5) is 10.5 Å². The van der Waals surface area contributed by atoms with Gasteiger partial charge in [-0.15, -0.1) is 0 Å². The molecule has 0 radical (unpaired) electrons. The van der Waals surface area contributed by atoms with Crippen molar-refractivity contribution in [2.75, 3.05) is 11.9 Å². The smallest absolute Gasteiger partial charge is 0.319 e. The summed E-state index contributed by atoms with van der Waals surface area (Å²) in [5.41, 5.74) is 2.97. The van der Waals surface area contributed by atoms with Gasteiger partial charge in [0, 0.05) is 34.8 Å². The standard InChI is InChI=1S/C24H31ClN2O3/c1-16-5-8-19(15-21(16)25)22(29)14-18(11-12-28)13-17-6-9-20(10-7-17)26-23(30)27-24(2,3)4/h5-10,15,18,28H,11-14H2,1-4H3,(H2,26,27,30)/t18-/m1/s1. The van der Waals surface area contributed by atoms with Crippen LogP contribution in [0, 0.1) is 12.8 Å². The average molecular weight is 431 g/mol. The van der Waals surface area contributed by atoms with E-state index >= 15 is 0 Å². The van der Waals surface area contributed by atoms with Crippen molar-refractivity contribution in [1.82, 2.24) is 5.32 Å². The molecule has 2 amide bonds. The summed E-state index contributed by atoms with van der Waals surface area (Å²) in [7, 11) is 0. The summed E-state index contributed by atoms with van der Waals surface area (Å²) in [5.74, 6) is 0.0399. The average Bonchev–Trinajstić information content (AvgIpc) is 2.64. The van der Waals surface area contributed by atoms with Gasteiger partial charge in [-0.2, -0.15) is 0 Å². The Morgan fingerprint density at radius 2 is 1.77 bits per heavy atom. The lowest BCUT2D eigenvalue weighted by molar-refractivity contribution is 0.0953. The summed E-state index contributed by atoms with van der Waals surface area (Å²) in [6.07, 6.45) is 1.55. The second kappa shape index (κ2) is 10.6. The number of nitrogens with one attached hydrogen (secondary N) is 2. The number of aryl methyl sites for hydroxylation is 1. The second-order valence-electron chi connectivity index (χ2n) is 8.70. The first-order chi connectivity index (χ1) is 14.1. The molecule has 162 valence electrons. The normalized spacial score (nSPS) is 12.3. The lowest BCUT2D eigenvalue weighted by Crippen LogP contribution is -2.43. The quantitative estimate of drug-likeness (QED) is 0.492. The third kappa shape index (κ3) is 7.81. The first-order valence-corrected chi connectivity index (χ1v) is 10.5. The van der Waals surface area contributed by atoms with Gasteiger partial charge in [-0.1, -0.05) is 35.9 Å². The molecular formula is C24H31ClN2O3. The number of ketones is 1. The number of anilines is 1. The molecule has 5 nitrogen and oxygen atoms in total. The minimum Gasteiger partial charge on any atom is -0.396 e. The Bertz CT molecular complexity index is 873. The molecule has 1 atom stereocenters. The number of benzene rings is 2. The molecule has 0 saturated heterocycles. The van der Waals surface area contributed by atoms with E-state index in [0.717, 1.165) is 11.1 Å². The predicted molar refractivity (Wildman–Crippen MR) is 122 cm³/mol. The number of Topliss-reactive ketones (excluding diaryl/α,β-unsaturated/α-hetero) is 1. The van der Waals surface area contributed by atoms with E-state index in [0.29, 0.717) is 35.5 Å². The summed E-state index contributed by atoms with van der Waals surface area (Å²) >= 11 is 6.14. The number of amides is 2. The first kappa shape index (κ1) is 23.9. The van der Waals surface area contributed by atoms with Crippen molar-refractivity contribution in [2.45, 2.75) is 52.5 Å². The fraction of sp³-hybridized carbons (Fsp3) is 0.417. The summed E-state index contributed by atoms with van der Waals surface area (Å²) in [4.78, 5) is 24.7. The summed E-state index contributed by atoms with van der Waals surface area (Å²) in [6.45, 7) is 7.68. The zero-order chi connectivity index (χ0) is 22.3. The van der Waals surface area contributed by atoms with Crippen LogP contribution < -0.4 is 10.6 Å². The van der Waals surface area contributed by atoms with Gasteiger partial charge < -0.3 is 15.7 Å². The van der Waals surface area contributed by atoms with Gasteiger partial charge in [-0.25, -0.2) is 4.79 Å². The molecule has 0 heterocycles. The second-order valence-corrected chi connectivity index (χ2v) is 9.11. The maximum atomic E-state index is 12.7. The molecule has 0 aromatic heterocycles. The van der Waals surface area contributed by atoms with Crippen molar-refractivity contribution in [3.63, 3.8) is 0 Å². The van der Waals surface area contributed by atoms with E-state index < -0.39 is 0 Å². The topological polar surface area (TPSA) is 78.4 Å². The van der Waals surface area contributed by atoms with Gasteiger partial charge in [0.15, 0.2) is 5.78 Å². The number of aliphatic hydroxyl groups excluding tert-OH is 1. The zero-order valence-corrected chi connectivity index (χ0v) is 18.8. The number of carbonyl (C=O) groups is 2. The van der Waals surface area contributed by atoms with Crippen molar-refractivity contribution in [2.24, 2.45) is 5.92 Å². The Morgan fingerprint density at radius 1 is 1.10 bits per heavy atom. The van der Waals surface area contributed by atoms with Crippen LogP contribution in [0.5, 0.6) is 0 Å². The van der Waals surface area contributed by atoms with E-state index in [1.165, 1.54) is 0 Å².